The van der Waals surface area contributed by atoms with Gasteiger partial charge in [-0.1, -0.05) is 18.2 Å². The van der Waals surface area contributed by atoms with Gasteiger partial charge in [-0.2, -0.15) is 0 Å². The third-order valence-electron chi connectivity index (χ3n) is 5.49. The molecule has 0 aliphatic carbocycles. The maximum atomic E-state index is 12.7. The first-order valence-corrected chi connectivity index (χ1v) is 11.3. The van der Waals surface area contributed by atoms with Crippen LogP contribution in [0.5, 0.6) is 11.5 Å². The highest BCUT2D eigenvalue weighted by Gasteiger charge is 2.34. The van der Waals surface area contributed by atoms with Crippen LogP contribution in [0.2, 0.25) is 0 Å². The summed E-state index contributed by atoms with van der Waals surface area (Å²) in [5.74, 6) is 0.307. The Morgan fingerprint density at radius 3 is 2.59 bits per heavy atom. The number of ether oxygens (including phenoxy) is 3. The number of carbonyl (C=O) groups excluding carboxylic acids is 2. The minimum atomic E-state index is -1.06. The van der Waals surface area contributed by atoms with Crippen LogP contribution in [-0.2, 0) is 14.3 Å². The number of anilines is 1. The molecule has 8 nitrogen and oxygen atoms in total. The number of hydrogen-bond acceptors (Lipinski definition) is 8. The molecule has 0 saturated carbocycles. The van der Waals surface area contributed by atoms with Crippen molar-refractivity contribution in [1.82, 2.24) is 4.90 Å². The molecule has 0 unspecified atom stereocenters. The number of carbonyl (C=O) groups is 2. The number of aliphatic hydroxyl groups excluding tert-OH is 1. The summed E-state index contributed by atoms with van der Waals surface area (Å²) < 4.78 is 16.1. The van der Waals surface area contributed by atoms with Gasteiger partial charge in [0.1, 0.15) is 29.5 Å². The van der Waals surface area contributed by atoms with Crippen LogP contribution in [0.3, 0.4) is 0 Å². The highest BCUT2D eigenvalue weighted by Crippen LogP contribution is 2.39. The van der Waals surface area contributed by atoms with E-state index in [9.17, 15) is 14.7 Å². The van der Waals surface area contributed by atoms with E-state index in [2.05, 4.69) is 4.90 Å². The average Bonchev–Trinajstić information content (AvgIpc) is 3.01. The standard InChI is InChI=1S/C23H26N2O6S/c1-29-17-7-8-19-20(13-17)32-22(18(26)14-30-19)23(28)31-15-21(27)25-11-9-24(10-12-25)16-5-3-2-4-6-16/h2-8,13,18,22,26H,9-12,14-15H2,1H3/t18-,22-/m0/s1. The number of thioether (sulfide) groups is 1. The average molecular weight is 459 g/mol. The van der Waals surface area contributed by atoms with Crippen LogP contribution in [0.25, 0.3) is 0 Å². The molecule has 2 aliphatic rings. The molecule has 2 aromatic rings. The lowest BCUT2D eigenvalue weighted by Gasteiger charge is -2.36. The van der Waals surface area contributed by atoms with Crippen LogP contribution in [0.4, 0.5) is 5.69 Å². The van der Waals surface area contributed by atoms with E-state index in [0.29, 0.717) is 29.5 Å². The number of nitrogens with zero attached hydrogens (tertiary/aromatic N) is 2. The number of rotatable bonds is 5. The Kier molecular flexibility index (Phi) is 7.06. The monoisotopic (exact) mass is 458 g/mol. The molecule has 32 heavy (non-hydrogen) atoms. The fourth-order valence-electron chi connectivity index (χ4n) is 3.67. The molecule has 1 saturated heterocycles. The fraction of sp³-hybridized carbons (Fsp3) is 0.391. The zero-order valence-electron chi connectivity index (χ0n) is 17.8. The quantitative estimate of drug-likeness (QED) is 0.679. The molecule has 2 aliphatic heterocycles. The Morgan fingerprint density at radius 2 is 1.88 bits per heavy atom. The van der Waals surface area contributed by atoms with E-state index < -0.39 is 17.3 Å². The molecule has 2 aromatic carbocycles. The number of aliphatic hydroxyl groups is 1. The highest BCUT2D eigenvalue weighted by atomic mass is 32.2. The smallest absolute Gasteiger partial charge is 0.322 e. The van der Waals surface area contributed by atoms with Crippen LogP contribution < -0.4 is 14.4 Å². The van der Waals surface area contributed by atoms with E-state index in [4.69, 9.17) is 14.2 Å². The minimum absolute atomic E-state index is 0.0402. The normalized spacial score (nSPS) is 20.6. The van der Waals surface area contributed by atoms with E-state index in [1.807, 2.05) is 30.3 Å². The minimum Gasteiger partial charge on any atom is -0.497 e. The van der Waals surface area contributed by atoms with Gasteiger partial charge in [0.25, 0.3) is 5.91 Å². The summed E-state index contributed by atoms with van der Waals surface area (Å²) in [5.41, 5.74) is 1.13. The van der Waals surface area contributed by atoms with Crippen molar-refractivity contribution in [2.45, 2.75) is 16.2 Å². The lowest BCUT2D eigenvalue weighted by atomic mass is 10.2. The summed E-state index contributed by atoms with van der Waals surface area (Å²) in [6.45, 7) is 2.18. The molecule has 9 heteroatoms. The van der Waals surface area contributed by atoms with Crippen molar-refractivity contribution >= 4 is 29.3 Å². The number of hydrogen-bond donors (Lipinski definition) is 1. The lowest BCUT2D eigenvalue weighted by Crippen LogP contribution is -2.50. The molecular weight excluding hydrogens is 432 g/mol. The molecule has 2 heterocycles. The Labute approximate surface area is 191 Å². The van der Waals surface area contributed by atoms with Gasteiger partial charge in [-0.05, 0) is 30.3 Å². The second-order valence-electron chi connectivity index (χ2n) is 7.54. The van der Waals surface area contributed by atoms with Crippen LogP contribution >= 0.6 is 11.8 Å². The maximum absolute atomic E-state index is 12.7. The van der Waals surface area contributed by atoms with Gasteiger partial charge in [0, 0.05) is 31.9 Å². The zero-order chi connectivity index (χ0) is 22.5. The lowest BCUT2D eigenvalue weighted by molar-refractivity contribution is -0.153. The summed E-state index contributed by atoms with van der Waals surface area (Å²) in [6, 6.07) is 15.3. The molecule has 0 radical (unpaired) electrons. The second-order valence-corrected chi connectivity index (χ2v) is 8.72. The molecule has 0 bridgehead atoms. The van der Waals surface area contributed by atoms with E-state index in [0.717, 1.165) is 30.5 Å². The molecule has 2 atom stereocenters. The van der Waals surface area contributed by atoms with Crippen molar-refractivity contribution in [2.75, 3.05) is 51.4 Å². The predicted molar refractivity (Wildman–Crippen MR) is 120 cm³/mol. The number of amides is 1. The maximum Gasteiger partial charge on any atom is 0.322 e. The van der Waals surface area contributed by atoms with Crippen LogP contribution in [0.1, 0.15) is 0 Å². The molecule has 0 spiro atoms. The number of methoxy groups -OCH3 is 1. The first kappa shape index (κ1) is 22.3. The third-order valence-corrected chi connectivity index (χ3v) is 6.82. The molecule has 0 aromatic heterocycles. The van der Waals surface area contributed by atoms with E-state index in [-0.39, 0.29) is 19.1 Å². The second kappa shape index (κ2) is 10.1. The predicted octanol–water partition coefficient (Wildman–Crippen LogP) is 1.80. The molecule has 1 N–H and O–H groups in total. The van der Waals surface area contributed by atoms with Gasteiger partial charge in [-0.15, -0.1) is 11.8 Å². The van der Waals surface area contributed by atoms with Gasteiger partial charge in [-0.25, -0.2) is 0 Å². The van der Waals surface area contributed by atoms with Crippen molar-refractivity contribution in [3.05, 3.63) is 48.5 Å². The summed E-state index contributed by atoms with van der Waals surface area (Å²) in [4.78, 5) is 29.9. The van der Waals surface area contributed by atoms with E-state index in [1.165, 1.54) is 0 Å². The molecule has 170 valence electrons. The molecule has 1 amide bonds. The van der Waals surface area contributed by atoms with Gasteiger partial charge in [0.05, 0.1) is 12.0 Å². The summed E-state index contributed by atoms with van der Waals surface area (Å²) >= 11 is 1.15. The van der Waals surface area contributed by atoms with Gasteiger partial charge in [-0.3, -0.25) is 9.59 Å². The Morgan fingerprint density at radius 1 is 1.12 bits per heavy atom. The van der Waals surface area contributed by atoms with Crippen LogP contribution in [0, 0.1) is 0 Å². The summed E-state index contributed by atoms with van der Waals surface area (Å²) in [6.07, 6.45) is -1.06. The van der Waals surface area contributed by atoms with Crippen molar-refractivity contribution in [1.29, 1.82) is 0 Å². The Hall–Kier alpha value is -2.91. The molecule has 4 rings (SSSR count). The topological polar surface area (TPSA) is 88.5 Å². The van der Waals surface area contributed by atoms with Gasteiger partial charge in [0.15, 0.2) is 6.61 Å². The van der Waals surface area contributed by atoms with Crippen LogP contribution in [-0.4, -0.2) is 79.7 Å². The number of para-hydroxylation sites is 1. The third kappa shape index (κ3) is 5.11. The molecular formula is C23H26N2O6S. The van der Waals surface area contributed by atoms with Crippen molar-refractivity contribution in [2.24, 2.45) is 0 Å². The number of fused-ring (bicyclic) bond motifs is 1. The first-order chi connectivity index (χ1) is 15.5. The number of piperazine rings is 1. The number of benzene rings is 2. The van der Waals surface area contributed by atoms with Crippen molar-refractivity contribution < 1.29 is 28.9 Å². The van der Waals surface area contributed by atoms with Gasteiger partial charge < -0.3 is 29.1 Å². The first-order valence-electron chi connectivity index (χ1n) is 10.4. The Balaban J connectivity index is 1.30. The largest absolute Gasteiger partial charge is 0.497 e. The fourth-order valence-corrected chi connectivity index (χ4v) is 4.77. The van der Waals surface area contributed by atoms with Crippen molar-refractivity contribution in [3.63, 3.8) is 0 Å². The van der Waals surface area contributed by atoms with Gasteiger partial charge in [0.2, 0.25) is 0 Å². The zero-order valence-corrected chi connectivity index (χ0v) is 18.6. The van der Waals surface area contributed by atoms with E-state index in [1.54, 1.807) is 30.2 Å². The summed E-state index contributed by atoms with van der Waals surface area (Å²) in [5, 5.41) is 9.49. The van der Waals surface area contributed by atoms with Crippen LogP contribution in [0.15, 0.2) is 53.4 Å². The van der Waals surface area contributed by atoms with E-state index >= 15 is 0 Å². The van der Waals surface area contributed by atoms with Gasteiger partial charge >= 0.3 is 5.97 Å². The highest BCUT2D eigenvalue weighted by molar-refractivity contribution is 8.00. The SMILES string of the molecule is COc1ccc2c(c1)S[C@H](C(=O)OCC(=O)N1CCN(c3ccccc3)CC1)[C@@H](O)CO2. The Bertz CT molecular complexity index is 949. The van der Waals surface area contributed by atoms with Crippen molar-refractivity contribution in [3.8, 4) is 11.5 Å². The number of esters is 1. The summed E-state index contributed by atoms with van der Waals surface area (Å²) in [7, 11) is 1.55. The molecule has 1 fully saturated rings.